The number of benzene rings is 1. The van der Waals surface area contributed by atoms with E-state index in [0.29, 0.717) is 12.3 Å². The average Bonchev–Trinajstić information content (AvgIpc) is 3.32. The van der Waals surface area contributed by atoms with E-state index < -0.39 is 0 Å². The van der Waals surface area contributed by atoms with Crippen molar-refractivity contribution >= 4 is 29.4 Å². The van der Waals surface area contributed by atoms with Crippen molar-refractivity contribution < 1.29 is 14.7 Å². The lowest BCUT2D eigenvalue weighted by Crippen LogP contribution is -2.21. The van der Waals surface area contributed by atoms with Gasteiger partial charge in [0.1, 0.15) is 24.1 Å². The number of anilines is 1. The Bertz CT molecular complexity index is 1050. The molecule has 1 aliphatic carbocycles. The Kier molecular flexibility index (Phi) is 15.3. The van der Waals surface area contributed by atoms with Crippen LogP contribution in [0.15, 0.2) is 54.7 Å². The number of aldehydes is 1. The number of aromatic nitrogens is 1. The third-order valence-corrected chi connectivity index (χ3v) is 6.98. The first kappa shape index (κ1) is 30.7. The van der Waals surface area contributed by atoms with E-state index in [1.807, 2.05) is 69.3 Å². The minimum Gasteiger partial charge on any atom is -0.392 e. The molecule has 0 spiro atoms. The van der Waals surface area contributed by atoms with Gasteiger partial charge in [0.25, 0.3) is 0 Å². The predicted molar refractivity (Wildman–Crippen MR) is 146 cm³/mol. The summed E-state index contributed by atoms with van der Waals surface area (Å²) in [7, 11) is 1.87. The average molecular weight is 509 g/mol. The van der Waals surface area contributed by atoms with E-state index in [4.69, 9.17) is 20.9 Å². The van der Waals surface area contributed by atoms with E-state index in [0.717, 1.165) is 53.9 Å². The molecule has 0 saturated carbocycles. The highest BCUT2D eigenvalue weighted by atomic mass is 32.1. The van der Waals surface area contributed by atoms with Gasteiger partial charge in [0.15, 0.2) is 0 Å². The molecule has 1 aliphatic rings. The van der Waals surface area contributed by atoms with Crippen LogP contribution in [0.3, 0.4) is 0 Å². The summed E-state index contributed by atoms with van der Waals surface area (Å²) >= 11 is 1.72. The number of aliphatic hydroxyl groups excluding tert-OH is 1. The van der Waals surface area contributed by atoms with Crippen LogP contribution in [0.5, 0.6) is 0 Å². The zero-order valence-corrected chi connectivity index (χ0v) is 21.8. The van der Waals surface area contributed by atoms with Gasteiger partial charge in [0, 0.05) is 36.2 Å². The lowest BCUT2D eigenvalue weighted by molar-refractivity contribution is -0.108. The normalized spacial score (nSPS) is 14.0. The SMILES string of the molecule is C=O.CC(CC=O)c1ccccn1.CNc1sc2c(c1C#N)CCC(CN)C2.OCc1ccccc1. The second-order valence-electron chi connectivity index (χ2n) is 8.12. The number of hydrogen-bond donors (Lipinski definition) is 3. The summed E-state index contributed by atoms with van der Waals surface area (Å²) in [6.07, 6.45) is 6.41. The van der Waals surface area contributed by atoms with E-state index in [-0.39, 0.29) is 12.5 Å². The van der Waals surface area contributed by atoms with E-state index in [9.17, 15) is 4.79 Å². The summed E-state index contributed by atoms with van der Waals surface area (Å²) in [6, 6.07) is 17.6. The van der Waals surface area contributed by atoms with Crippen molar-refractivity contribution in [3.8, 4) is 6.07 Å². The lowest BCUT2D eigenvalue weighted by Gasteiger charge is -2.20. The van der Waals surface area contributed by atoms with Gasteiger partial charge >= 0.3 is 0 Å². The number of nitrogens with one attached hydrogen (secondary N) is 1. The minimum atomic E-state index is 0.140. The number of carbonyl (C=O) groups is 2. The Labute approximate surface area is 218 Å². The molecule has 2 heterocycles. The number of thiophene rings is 1. The Morgan fingerprint density at radius 1 is 1.28 bits per heavy atom. The minimum absolute atomic E-state index is 0.140. The molecule has 7 nitrogen and oxygen atoms in total. The van der Waals surface area contributed by atoms with Gasteiger partial charge in [-0.15, -0.1) is 11.3 Å². The molecular weight excluding hydrogens is 472 g/mol. The van der Waals surface area contributed by atoms with Gasteiger partial charge in [0.2, 0.25) is 0 Å². The number of hydrogen-bond acceptors (Lipinski definition) is 8. The van der Waals surface area contributed by atoms with Crippen LogP contribution in [0, 0.1) is 17.2 Å². The predicted octanol–water partition coefficient (Wildman–Crippen LogP) is 4.49. The van der Waals surface area contributed by atoms with Gasteiger partial charge in [-0.1, -0.05) is 43.3 Å². The fraction of sp³-hybridized carbons (Fsp3) is 0.357. The highest BCUT2D eigenvalue weighted by molar-refractivity contribution is 7.16. The summed E-state index contributed by atoms with van der Waals surface area (Å²) < 4.78 is 0. The van der Waals surface area contributed by atoms with E-state index in [1.54, 1.807) is 17.5 Å². The molecule has 4 N–H and O–H groups in total. The Morgan fingerprint density at radius 2 is 1.97 bits per heavy atom. The monoisotopic (exact) mass is 508 g/mol. The van der Waals surface area contributed by atoms with Gasteiger partial charge in [-0.05, 0) is 55.0 Å². The van der Waals surface area contributed by atoms with Crippen LogP contribution in [0.1, 0.15) is 52.9 Å². The maximum absolute atomic E-state index is 10.2. The van der Waals surface area contributed by atoms with Crippen LogP contribution in [0.4, 0.5) is 5.00 Å². The van der Waals surface area contributed by atoms with E-state index in [2.05, 4.69) is 16.4 Å². The summed E-state index contributed by atoms with van der Waals surface area (Å²) in [4.78, 5) is 23.7. The third-order valence-electron chi connectivity index (χ3n) is 5.71. The van der Waals surface area contributed by atoms with Crippen molar-refractivity contribution in [3.63, 3.8) is 0 Å². The second kappa shape index (κ2) is 18.0. The quantitative estimate of drug-likeness (QED) is 0.418. The molecule has 2 atom stereocenters. The fourth-order valence-electron chi connectivity index (χ4n) is 3.67. The molecule has 8 heteroatoms. The van der Waals surface area contributed by atoms with E-state index in [1.165, 1.54) is 10.4 Å². The van der Waals surface area contributed by atoms with Crippen LogP contribution in [-0.4, -0.2) is 36.8 Å². The third kappa shape index (κ3) is 9.70. The zero-order valence-electron chi connectivity index (χ0n) is 21.0. The van der Waals surface area contributed by atoms with Crippen LogP contribution >= 0.6 is 11.3 Å². The Morgan fingerprint density at radius 3 is 2.47 bits per heavy atom. The first-order valence-corrected chi connectivity index (χ1v) is 12.6. The first-order chi connectivity index (χ1) is 17.6. The maximum Gasteiger partial charge on any atom is 0.120 e. The molecule has 2 aromatic heterocycles. The van der Waals surface area contributed by atoms with Crippen LogP contribution in [-0.2, 0) is 29.0 Å². The van der Waals surface area contributed by atoms with Gasteiger partial charge < -0.3 is 25.7 Å². The number of rotatable bonds is 6. The molecule has 4 rings (SSSR count). The van der Waals surface area contributed by atoms with Crippen LogP contribution < -0.4 is 11.1 Å². The topological polar surface area (TPSA) is 129 Å². The lowest BCUT2D eigenvalue weighted by atomic mass is 9.87. The van der Waals surface area contributed by atoms with Crippen molar-refractivity contribution in [3.05, 3.63) is 82.0 Å². The zero-order chi connectivity index (χ0) is 26.8. The molecule has 0 aliphatic heterocycles. The number of pyridine rings is 1. The molecule has 1 aromatic carbocycles. The molecule has 192 valence electrons. The molecule has 3 aromatic rings. The van der Waals surface area contributed by atoms with Crippen molar-refractivity contribution in [2.45, 2.75) is 45.1 Å². The Hall–Kier alpha value is -3.38. The van der Waals surface area contributed by atoms with Crippen LogP contribution in [0.2, 0.25) is 0 Å². The summed E-state index contributed by atoms with van der Waals surface area (Å²) in [5.41, 5.74) is 9.76. The van der Waals surface area contributed by atoms with E-state index >= 15 is 0 Å². The molecule has 0 saturated heterocycles. The number of nitriles is 1. The summed E-state index contributed by atoms with van der Waals surface area (Å²) in [5.74, 6) is 0.848. The maximum atomic E-state index is 10.2. The molecule has 0 amide bonds. The Balaban J connectivity index is 0.000000273. The summed E-state index contributed by atoms with van der Waals surface area (Å²) in [6.45, 7) is 4.89. The van der Waals surface area contributed by atoms with Crippen molar-refractivity contribution in [1.82, 2.24) is 4.98 Å². The number of fused-ring (bicyclic) bond motifs is 1. The number of aliphatic hydroxyl groups is 1. The van der Waals surface area contributed by atoms with Gasteiger partial charge in [-0.2, -0.15) is 5.26 Å². The smallest absolute Gasteiger partial charge is 0.120 e. The molecule has 0 bridgehead atoms. The molecule has 36 heavy (non-hydrogen) atoms. The van der Waals surface area contributed by atoms with Crippen LogP contribution in [0.25, 0.3) is 0 Å². The van der Waals surface area contributed by atoms with Crippen molar-refractivity contribution in [2.75, 3.05) is 18.9 Å². The number of nitrogens with zero attached hydrogens (tertiary/aromatic N) is 2. The molecule has 2 unspecified atom stereocenters. The standard InChI is InChI=1S/C11H15N3S.C9H11NO.C7H8O.CH2O/c1-14-11-9(6-13)8-3-2-7(5-12)4-10(8)15-11;1-8(5-7-11)9-4-2-3-6-10-9;8-6-7-4-2-1-3-5-7;1-2/h7,14H,2-5,12H2,1H3;2-4,6-8H,5H2,1H3;1-5,8H,6H2;1H2. The highest BCUT2D eigenvalue weighted by Gasteiger charge is 2.24. The van der Waals surface area contributed by atoms with Gasteiger partial charge in [-0.25, -0.2) is 0 Å². The number of nitrogens with two attached hydrogens (primary N) is 1. The van der Waals surface area contributed by atoms with Crippen molar-refractivity contribution in [2.24, 2.45) is 11.7 Å². The largest absolute Gasteiger partial charge is 0.392 e. The fourth-order valence-corrected chi connectivity index (χ4v) is 4.93. The molecule has 0 radical (unpaired) electrons. The van der Waals surface area contributed by atoms with Gasteiger partial charge in [0.05, 0.1) is 12.2 Å². The second-order valence-corrected chi connectivity index (χ2v) is 9.22. The summed E-state index contributed by atoms with van der Waals surface area (Å²) in [5, 5.41) is 21.8. The first-order valence-electron chi connectivity index (χ1n) is 11.8. The van der Waals surface area contributed by atoms with Crippen molar-refractivity contribution in [1.29, 1.82) is 5.26 Å². The molecule has 0 fully saturated rings. The number of carbonyl (C=O) groups excluding carboxylic acids is 2. The van der Waals surface area contributed by atoms with Gasteiger partial charge in [-0.3, -0.25) is 4.98 Å². The highest BCUT2D eigenvalue weighted by Crippen LogP contribution is 2.38. The molecular formula is C28H36N4O3S.